The van der Waals surface area contributed by atoms with Gasteiger partial charge in [0.15, 0.2) is 0 Å². The number of halogens is 1. The molecule has 0 bridgehead atoms. The van der Waals surface area contributed by atoms with Gasteiger partial charge in [0.05, 0.1) is 22.8 Å². The molecule has 0 unspecified atom stereocenters. The molecule has 3 rings (SSSR count). The Morgan fingerprint density at radius 3 is 2.21 bits per heavy atom. The maximum atomic E-state index is 13.4. The summed E-state index contributed by atoms with van der Waals surface area (Å²) in [5.74, 6) is -1.00. The van der Waals surface area contributed by atoms with E-state index in [2.05, 4.69) is 5.32 Å². The zero-order valence-electron chi connectivity index (χ0n) is 19.0. The number of carbonyl (C=O) groups is 2. The number of sulfonamides is 1. The topological polar surface area (TPSA) is 92.8 Å². The zero-order valence-corrected chi connectivity index (χ0v) is 20.6. The summed E-state index contributed by atoms with van der Waals surface area (Å²) in [6, 6.07) is 17.3. The van der Waals surface area contributed by atoms with Crippen LogP contribution in [-0.4, -0.2) is 33.4 Å². The molecule has 7 nitrogen and oxygen atoms in total. The average molecular weight is 501 g/mol. The molecule has 0 aromatic heterocycles. The first-order chi connectivity index (χ1) is 16.1. The van der Waals surface area contributed by atoms with Crippen molar-refractivity contribution in [3.05, 3.63) is 88.4 Å². The van der Waals surface area contributed by atoms with Crippen molar-refractivity contribution in [3.63, 3.8) is 0 Å². The standard InChI is InChI=1S/C25H25ClN2O5S/c1-4-33-25(30)19-7-14-23(18(3)15-19)27-24(29)16-28(21-10-8-20(26)9-11-21)34(31,32)22-12-5-17(2)6-13-22/h5-15H,4,16H2,1-3H3,(H,27,29). The normalized spacial score (nSPS) is 11.1. The van der Waals surface area contributed by atoms with Gasteiger partial charge < -0.3 is 10.1 Å². The first-order valence-corrected chi connectivity index (χ1v) is 12.4. The number of nitrogens with zero attached hydrogens (tertiary/aromatic N) is 1. The SMILES string of the molecule is CCOC(=O)c1ccc(NC(=O)CN(c2ccc(Cl)cc2)S(=O)(=O)c2ccc(C)cc2)c(C)c1. The Morgan fingerprint density at radius 2 is 1.62 bits per heavy atom. The smallest absolute Gasteiger partial charge is 0.338 e. The summed E-state index contributed by atoms with van der Waals surface area (Å²) in [6.07, 6.45) is 0. The number of benzene rings is 3. The van der Waals surface area contributed by atoms with Crippen LogP contribution < -0.4 is 9.62 Å². The summed E-state index contributed by atoms with van der Waals surface area (Å²) in [6.45, 7) is 5.11. The van der Waals surface area contributed by atoms with Crippen molar-refractivity contribution < 1.29 is 22.7 Å². The number of anilines is 2. The number of hydrogen-bond acceptors (Lipinski definition) is 5. The predicted octanol–water partition coefficient (Wildman–Crippen LogP) is 4.97. The summed E-state index contributed by atoms with van der Waals surface area (Å²) < 4.78 is 32.9. The second-order valence-electron chi connectivity index (χ2n) is 7.60. The zero-order chi connectivity index (χ0) is 24.9. The van der Waals surface area contributed by atoms with Crippen LogP contribution in [0.5, 0.6) is 0 Å². The second-order valence-corrected chi connectivity index (χ2v) is 9.90. The Bertz CT molecular complexity index is 1290. The van der Waals surface area contributed by atoms with Gasteiger partial charge in [0.1, 0.15) is 6.54 Å². The number of nitrogens with one attached hydrogen (secondary N) is 1. The van der Waals surface area contributed by atoms with Crippen molar-refractivity contribution in [2.45, 2.75) is 25.7 Å². The number of aryl methyl sites for hydroxylation is 2. The van der Waals surface area contributed by atoms with Crippen LogP contribution in [0.1, 0.15) is 28.4 Å². The van der Waals surface area contributed by atoms with Crippen molar-refractivity contribution in [1.82, 2.24) is 0 Å². The second kappa shape index (κ2) is 10.7. The van der Waals surface area contributed by atoms with Gasteiger partial charge >= 0.3 is 5.97 Å². The van der Waals surface area contributed by atoms with Gasteiger partial charge in [-0.25, -0.2) is 13.2 Å². The van der Waals surface area contributed by atoms with Crippen LogP contribution in [0.4, 0.5) is 11.4 Å². The lowest BCUT2D eigenvalue weighted by atomic mass is 10.1. The molecule has 3 aromatic carbocycles. The first kappa shape index (κ1) is 25.3. The summed E-state index contributed by atoms with van der Waals surface area (Å²) in [4.78, 5) is 24.9. The van der Waals surface area contributed by atoms with E-state index in [-0.39, 0.29) is 11.5 Å². The Balaban J connectivity index is 1.88. The lowest BCUT2D eigenvalue weighted by molar-refractivity contribution is -0.114. The highest BCUT2D eigenvalue weighted by molar-refractivity contribution is 7.92. The lowest BCUT2D eigenvalue weighted by Crippen LogP contribution is -2.38. The van der Waals surface area contributed by atoms with Crippen LogP contribution in [0.2, 0.25) is 5.02 Å². The van der Waals surface area contributed by atoms with Gasteiger partial charge in [0, 0.05) is 10.7 Å². The monoisotopic (exact) mass is 500 g/mol. The summed E-state index contributed by atoms with van der Waals surface area (Å²) in [5, 5.41) is 3.17. The fourth-order valence-corrected chi connectivity index (χ4v) is 4.77. The highest BCUT2D eigenvalue weighted by atomic mass is 35.5. The van der Waals surface area contributed by atoms with Gasteiger partial charge in [-0.3, -0.25) is 9.10 Å². The molecule has 0 aliphatic heterocycles. The summed E-state index contributed by atoms with van der Waals surface area (Å²) in [7, 11) is -4.04. The minimum absolute atomic E-state index is 0.0656. The largest absolute Gasteiger partial charge is 0.462 e. The molecule has 3 aromatic rings. The maximum absolute atomic E-state index is 13.4. The van der Waals surface area contributed by atoms with E-state index in [1.54, 1.807) is 68.4 Å². The Morgan fingerprint density at radius 1 is 0.971 bits per heavy atom. The molecule has 1 N–H and O–H groups in total. The van der Waals surface area contributed by atoms with Gasteiger partial charge in [0.25, 0.3) is 10.0 Å². The van der Waals surface area contributed by atoms with Gasteiger partial charge in [0.2, 0.25) is 5.91 Å². The van der Waals surface area contributed by atoms with E-state index in [0.717, 1.165) is 9.87 Å². The Kier molecular flexibility index (Phi) is 7.96. The molecule has 0 radical (unpaired) electrons. The molecular formula is C25H25ClN2O5S. The molecule has 0 heterocycles. The number of ether oxygens (including phenoxy) is 1. The maximum Gasteiger partial charge on any atom is 0.338 e. The molecule has 0 saturated carbocycles. The van der Waals surface area contributed by atoms with Crippen LogP contribution in [0, 0.1) is 13.8 Å². The molecule has 0 spiro atoms. The summed E-state index contributed by atoms with van der Waals surface area (Å²) in [5.41, 5.74) is 2.67. The summed E-state index contributed by atoms with van der Waals surface area (Å²) >= 11 is 5.97. The third-order valence-electron chi connectivity index (χ3n) is 5.02. The quantitative estimate of drug-likeness (QED) is 0.441. The van der Waals surface area contributed by atoms with E-state index in [1.165, 1.54) is 12.1 Å². The molecular weight excluding hydrogens is 476 g/mol. The van der Waals surface area contributed by atoms with Crippen LogP contribution in [-0.2, 0) is 19.6 Å². The number of esters is 1. The molecule has 0 atom stereocenters. The van der Waals surface area contributed by atoms with Crippen molar-refractivity contribution >= 4 is 44.9 Å². The van der Waals surface area contributed by atoms with E-state index in [4.69, 9.17) is 16.3 Å². The molecule has 34 heavy (non-hydrogen) atoms. The molecule has 0 aliphatic rings. The minimum atomic E-state index is -4.04. The van der Waals surface area contributed by atoms with Crippen LogP contribution in [0.25, 0.3) is 0 Å². The van der Waals surface area contributed by atoms with E-state index < -0.39 is 28.4 Å². The molecule has 0 aliphatic carbocycles. The average Bonchev–Trinajstić information content (AvgIpc) is 2.80. The Hall–Kier alpha value is -3.36. The third-order valence-corrected chi connectivity index (χ3v) is 7.06. The van der Waals surface area contributed by atoms with Crippen LogP contribution in [0.15, 0.2) is 71.6 Å². The van der Waals surface area contributed by atoms with Crippen molar-refractivity contribution in [3.8, 4) is 0 Å². The predicted molar refractivity (Wildman–Crippen MR) is 133 cm³/mol. The number of carbonyl (C=O) groups excluding carboxylic acids is 2. The van der Waals surface area contributed by atoms with Crippen molar-refractivity contribution in [2.75, 3.05) is 22.8 Å². The number of rotatable bonds is 8. The van der Waals surface area contributed by atoms with Gasteiger partial charge in [-0.15, -0.1) is 0 Å². The van der Waals surface area contributed by atoms with Crippen molar-refractivity contribution in [2.24, 2.45) is 0 Å². The fourth-order valence-electron chi connectivity index (χ4n) is 3.23. The Labute approximate surface area is 204 Å². The lowest BCUT2D eigenvalue weighted by Gasteiger charge is -2.24. The van der Waals surface area contributed by atoms with Crippen LogP contribution >= 0.6 is 11.6 Å². The molecule has 1 amide bonds. The van der Waals surface area contributed by atoms with E-state index >= 15 is 0 Å². The minimum Gasteiger partial charge on any atom is -0.462 e. The first-order valence-electron chi connectivity index (χ1n) is 10.5. The number of hydrogen-bond donors (Lipinski definition) is 1. The van der Waals surface area contributed by atoms with E-state index in [1.807, 2.05) is 6.92 Å². The van der Waals surface area contributed by atoms with Gasteiger partial charge in [-0.1, -0.05) is 29.3 Å². The highest BCUT2D eigenvalue weighted by Gasteiger charge is 2.27. The van der Waals surface area contributed by atoms with E-state index in [9.17, 15) is 18.0 Å². The molecule has 178 valence electrons. The third kappa shape index (κ3) is 5.95. The van der Waals surface area contributed by atoms with E-state index in [0.29, 0.717) is 27.5 Å². The van der Waals surface area contributed by atoms with Crippen molar-refractivity contribution in [1.29, 1.82) is 0 Å². The molecule has 0 fully saturated rings. The van der Waals surface area contributed by atoms with Crippen LogP contribution in [0.3, 0.4) is 0 Å². The highest BCUT2D eigenvalue weighted by Crippen LogP contribution is 2.26. The molecule has 9 heteroatoms. The molecule has 0 saturated heterocycles. The van der Waals surface area contributed by atoms with Gasteiger partial charge in [-0.05, 0) is 80.9 Å². The van der Waals surface area contributed by atoms with Gasteiger partial charge in [-0.2, -0.15) is 0 Å². The fraction of sp³-hybridized carbons (Fsp3) is 0.200. The number of amides is 1.